The van der Waals surface area contributed by atoms with Crippen LogP contribution in [0.1, 0.15) is 25.8 Å². The predicted octanol–water partition coefficient (Wildman–Crippen LogP) is 1.69. The summed E-state index contributed by atoms with van der Waals surface area (Å²) < 4.78 is 0. The van der Waals surface area contributed by atoms with E-state index in [1.165, 1.54) is 5.56 Å². The van der Waals surface area contributed by atoms with Gasteiger partial charge in [-0.2, -0.15) is 0 Å². The van der Waals surface area contributed by atoms with Crippen LogP contribution in [0.5, 0.6) is 0 Å². The van der Waals surface area contributed by atoms with Crippen LogP contribution in [0.4, 0.5) is 0 Å². The molecule has 0 fully saturated rings. The van der Waals surface area contributed by atoms with Crippen LogP contribution in [0.25, 0.3) is 0 Å². The number of likely N-dealkylation sites (N-methyl/N-ethyl adjacent to an activating group) is 1. The lowest BCUT2D eigenvalue weighted by Crippen LogP contribution is -2.34. The third-order valence-electron chi connectivity index (χ3n) is 2.85. The van der Waals surface area contributed by atoms with Crippen molar-refractivity contribution in [3.63, 3.8) is 0 Å². The summed E-state index contributed by atoms with van der Waals surface area (Å²) in [5, 5.41) is 5.91. The summed E-state index contributed by atoms with van der Waals surface area (Å²) in [5.41, 5.74) is 1.08. The Labute approximate surface area is 104 Å². The van der Waals surface area contributed by atoms with Crippen molar-refractivity contribution in [2.45, 2.75) is 25.7 Å². The Balaban J connectivity index is 2.52. The quantitative estimate of drug-likeness (QED) is 0.735. The van der Waals surface area contributed by atoms with Crippen molar-refractivity contribution in [3.05, 3.63) is 35.9 Å². The van der Waals surface area contributed by atoms with Crippen molar-refractivity contribution in [1.82, 2.24) is 10.6 Å². The highest BCUT2D eigenvalue weighted by atomic mass is 16.1. The summed E-state index contributed by atoms with van der Waals surface area (Å²) in [4.78, 5) is 11.8. The van der Waals surface area contributed by atoms with E-state index >= 15 is 0 Å². The molecule has 0 unspecified atom stereocenters. The maximum atomic E-state index is 11.8. The first-order valence-electron chi connectivity index (χ1n) is 6.03. The molecule has 1 amide bonds. The number of hydrogen-bond acceptors (Lipinski definition) is 2. The van der Waals surface area contributed by atoms with Gasteiger partial charge in [0.25, 0.3) is 0 Å². The van der Waals surface area contributed by atoms with Crippen molar-refractivity contribution in [2.75, 3.05) is 20.1 Å². The molecule has 0 radical (unpaired) electrons. The van der Waals surface area contributed by atoms with E-state index in [0.29, 0.717) is 13.0 Å². The molecule has 1 rings (SSSR count). The molecule has 0 aliphatic carbocycles. The largest absolute Gasteiger partial charge is 0.355 e. The van der Waals surface area contributed by atoms with Crippen molar-refractivity contribution in [1.29, 1.82) is 0 Å². The number of hydrogen-bond donors (Lipinski definition) is 2. The molecule has 0 spiro atoms. The van der Waals surface area contributed by atoms with Crippen LogP contribution >= 0.6 is 0 Å². The topological polar surface area (TPSA) is 41.1 Å². The maximum Gasteiger partial charge on any atom is 0.220 e. The molecule has 0 heterocycles. The van der Waals surface area contributed by atoms with Crippen LogP contribution in [-0.4, -0.2) is 26.0 Å². The van der Waals surface area contributed by atoms with Gasteiger partial charge in [0.05, 0.1) is 0 Å². The Morgan fingerprint density at radius 3 is 2.41 bits per heavy atom. The van der Waals surface area contributed by atoms with Crippen molar-refractivity contribution < 1.29 is 4.79 Å². The van der Waals surface area contributed by atoms with Gasteiger partial charge in [-0.1, -0.05) is 44.2 Å². The minimum atomic E-state index is -0.120. The Hall–Kier alpha value is -1.35. The molecule has 0 aliphatic heterocycles. The number of carbonyl (C=O) groups excluding carboxylic acids is 1. The molecule has 0 saturated carbocycles. The standard InChI is InChI=1S/C14H22N2O/c1-14(2,12-7-5-4-6-8-12)11-13(17)16-10-9-15-3/h4-8,15H,9-11H2,1-3H3,(H,16,17). The highest BCUT2D eigenvalue weighted by Crippen LogP contribution is 2.26. The van der Waals surface area contributed by atoms with Crippen molar-refractivity contribution >= 4 is 5.91 Å². The molecular weight excluding hydrogens is 212 g/mol. The summed E-state index contributed by atoms with van der Waals surface area (Å²) in [7, 11) is 1.88. The zero-order valence-electron chi connectivity index (χ0n) is 10.9. The second kappa shape index (κ2) is 6.40. The van der Waals surface area contributed by atoms with E-state index in [-0.39, 0.29) is 11.3 Å². The van der Waals surface area contributed by atoms with E-state index in [0.717, 1.165) is 6.54 Å². The average molecular weight is 234 g/mol. The third kappa shape index (κ3) is 4.57. The van der Waals surface area contributed by atoms with E-state index in [2.05, 4.69) is 36.6 Å². The monoisotopic (exact) mass is 234 g/mol. The highest BCUT2D eigenvalue weighted by Gasteiger charge is 2.23. The van der Waals surface area contributed by atoms with E-state index in [4.69, 9.17) is 0 Å². The van der Waals surface area contributed by atoms with Gasteiger partial charge in [-0.05, 0) is 18.0 Å². The Kier molecular flexibility index (Phi) is 5.16. The van der Waals surface area contributed by atoms with E-state index < -0.39 is 0 Å². The van der Waals surface area contributed by atoms with Gasteiger partial charge in [-0.15, -0.1) is 0 Å². The Morgan fingerprint density at radius 2 is 1.82 bits per heavy atom. The molecule has 0 aliphatic rings. The van der Waals surface area contributed by atoms with Crippen LogP contribution in [0.15, 0.2) is 30.3 Å². The first-order valence-corrected chi connectivity index (χ1v) is 6.03. The van der Waals surface area contributed by atoms with Crippen molar-refractivity contribution in [2.24, 2.45) is 0 Å². The molecule has 3 heteroatoms. The molecule has 17 heavy (non-hydrogen) atoms. The second-order valence-electron chi connectivity index (χ2n) is 4.88. The van der Waals surface area contributed by atoms with Gasteiger partial charge in [0.2, 0.25) is 5.91 Å². The molecule has 0 aromatic heterocycles. The number of benzene rings is 1. The first-order chi connectivity index (χ1) is 8.06. The van der Waals surface area contributed by atoms with Crippen LogP contribution < -0.4 is 10.6 Å². The van der Waals surface area contributed by atoms with Gasteiger partial charge in [-0.25, -0.2) is 0 Å². The number of amides is 1. The summed E-state index contributed by atoms with van der Waals surface area (Å²) in [5.74, 6) is 0.106. The molecular formula is C14H22N2O. The fourth-order valence-electron chi connectivity index (χ4n) is 1.78. The normalized spacial score (nSPS) is 11.2. The predicted molar refractivity (Wildman–Crippen MR) is 71.0 cm³/mol. The molecule has 1 aromatic rings. The minimum Gasteiger partial charge on any atom is -0.355 e. The number of carbonyl (C=O) groups is 1. The lowest BCUT2D eigenvalue weighted by Gasteiger charge is -2.24. The second-order valence-corrected chi connectivity index (χ2v) is 4.88. The molecule has 2 N–H and O–H groups in total. The molecule has 0 atom stereocenters. The van der Waals surface area contributed by atoms with Crippen LogP contribution in [0, 0.1) is 0 Å². The summed E-state index contributed by atoms with van der Waals surface area (Å²) in [6.45, 7) is 5.68. The van der Waals surface area contributed by atoms with E-state index in [1.807, 2.05) is 25.2 Å². The van der Waals surface area contributed by atoms with Crippen LogP contribution in [0.3, 0.4) is 0 Å². The van der Waals surface area contributed by atoms with Crippen molar-refractivity contribution in [3.8, 4) is 0 Å². The molecule has 1 aromatic carbocycles. The molecule has 0 bridgehead atoms. The van der Waals surface area contributed by atoms with Gasteiger partial charge in [0.1, 0.15) is 0 Å². The lowest BCUT2D eigenvalue weighted by atomic mass is 9.81. The lowest BCUT2D eigenvalue weighted by molar-refractivity contribution is -0.122. The molecule has 3 nitrogen and oxygen atoms in total. The molecule has 94 valence electrons. The molecule has 0 saturated heterocycles. The smallest absolute Gasteiger partial charge is 0.220 e. The Bertz CT molecular complexity index is 346. The summed E-state index contributed by atoms with van der Waals surface area (Å²) in [6, 6.07) is 10.2. The summed E-state index contributed by atoms with van der Waals surface area (Å²) in [6.07, 6.45) is 0.515. The van der Waals surface area contributed by atoms with E-state index in [9.17, 15) is 4.79 Å². The maximum absolute atomic E-state index is 11.8. The zero-order chi connectivity index (χ0) is 12.7. The Morgan fingerprint density at radius 1 is 1.18 bits per heavy atom. The highest BCUT2D eigenvalue weighted by molar-refractivity contribution is 5.77. The number of rotatable bonds is 6. The average Bonchev–Trinajstić information content (AvgIpc) is 2.30. The third-order valence-corrected chi connectivity index (χ3v) is 2.85. The van der Waals surface area contributed by atoms with Gasteiger partial charge >= 0.3 is 0 Å². The number of nitrogens with one attached hydrogen (secondary N) is 2. The van der Waals surface area contributed by atoms with Crippen LogP contribution in [-0.2, 0) is 10.2 Å². The van der Waals surface area contributed by atoms with Gasteiger partial charge in [0, 0.05) is 19.5 Å². The zero-order valence-corrected chi connectivity index (χ0v) is 10.9. The fraction of sp³-hybridized carbons (Fsp3) is 0.500. The SMILES string of the molecule is CNCCNC(=O)CC(C)(C)c1ccccc1. The summed E-state index contributed by atoms with van der Waals surface area (Å²) >= 11 is 0. The van der Waals surface area contributed by atoms with Gasteiger partial charge in [0.15, 0.2) is 0 Å². The fourth-order valence-corrected chi connectivity index (χ4v) is 1.78. The van der Waals surface area contributed by atoms with Gasteiger partial charge < -0.3 is 10.6 Å². The van der Waals surface area contributed by atoms with E-state index in [1.54, 1.807) is 0 Å². The van der Waals surface area contributed by atoms with Gasteiger partial charge in [-0.3, -0.25) is 4.79 Å². The van der Waals surface area contributed by atoms with Crippen LogP contribution in [0.2, 0.25) is 0 Å². The first kappa shape index (κ1) is 13.7. The minimum absolute atomic E-state index is 0.106.